The molecule has 1 saturated heterocycles. The van der Waals surface area contributed by atoms with Crippen molar-refractivity contribution < 1.29 is 4.79 Å². The summed E-state index contributed by atoms with van der Waals surface area (Å²) >= 11 is 0. The van der Waals surface area contributed by atoms with Crippen molar-refractivity contribution in [2.75, 3.05) is 33.2 Å². The van der Waals surface area contributed by atoms with Crippen LogP contribution < -0.4 is 16.0 Å². The first-order valence-corrected chi connectivity index (χ1v) is 8.64. The minimum atomic E-state index is -0.348. The third-order valence-corrected chi connectivity index (χ3v) is 4.30. The second-order valence-electron chi connectivity index (χ2n) is 7.78. The van der Waals surface area contributed by atoms with Gasteiger partial charge in [-0.2, -0.15) is 0 Å². The Hall–Kier alpha value is -0.570. The molecule has 3 N–H and O–H groups in total. The van der Waals surface area contributed by atoms with Gasteiger partial charge in [0, 0.05) is 50.7 Å². The molecule has 1 amide bonds. The summed E-state index contributed by atoms with van der Waals surface area (Å²) < 4.78 is 0. The standard InChI is InChI=1S/C17H35N5O.HI/c1-12(2)22-10-13(3)14(11-22)21-16(18-7)20-9-8-19-15(23)17(4,5)6;/h12-14H,8-11H2,1-7H3,(H,19,23)(H2,18,20,21);1H. The van der Waals surface area contributed by atoms with Crippen LogP contribution in [0.25, 0.3) is 0 Å². The summed E-state index contributed by atoms with van der Waals surface area (Å²) in [5.74, 6) is 1.47. The van der Waals surface area contributed by atoms with Crippen LogP contribution in [0.3, 0.4) is 0 Å². The van der Waals surface area contributed by atoms with E-state index in [0.29, 0.717) is 31.1 Å². The zero-order valence-corrected chi connectivity index (χ0v) is 18.6. The Balaban J connectivity index is 0.00000529. The van der Waals surface area contributed by atoms with E-state index in [4.69, 9.17) is 0 Å². The Kier molecular flexibility index (Phi) is 10.2. The molecule has 24 heavy (non-hydrogen) atoms. The van der Waals surface area contributed by atoms with Gasteiger partial charge in [0.1, 0.15) is 0 Å². The second-order valence-corrected chi connectivity index (χ2v) is 7.78. The van der Waals surface area contributed by atoms with Crippen LogP contribution in [0.2, 0.25) is 0 Å². The maximum absolute atomic E-state index is 11.8. The fraction of sp³-hybridized carbons (Fsp3) is 0.882. The van der Waals surface area contributed by atoms with E-state index in [-0.39, 0.29) is 35.3 Å². The molecule has 0 radical (unpaired) electrons. The molecule has 6 nitrogen and oxygen atoms in total. The normalized spacial score (nSPS) is 22.2. The van der Waals surface area contributed by atoms with Crippen molar-refractivity contribution in [3.8, 4) is 0 Å². The molecule has 0 aliphatic carbocycles. The Morgan fingerprint density at radius 3 is 2.25 bits per heavy atom. The van der Waals surface area contributed by atoms with Crippen molar-refractivity contribution in [3.05, 3.63) is 0 Å². The molecule has 2 unspecified atom stereocenters. The number of nitrogens with zero attached hydrogens (tertiary/aromatic N) is 2. The number of halogens is 1. The van der Waals surface area contributed by atoms with Crippen molar-refractivity contribution in [1.82, 2.24) is 20.9 Å². The largest absolute Gasteiger partial charge is 0.355 e. The molecule has 0 aromatic carbocycles. The van der Waals surface area contributed by atoms with Crippen LogP contribution in [0, 0.1) is 11.3 Å². The van der Waals surface area contributed by atoms with Crippen molar-refractivity contribution in [1.29, 1.82) is 0 Å². The Morgan fingerprint density at radius 1 is 1.21 bits per heavy atom. The lowest BCUT2D eigenvalue weighted by Crippen LogP contribution is -2.48. The van der Waals surface area contributed by atoms with Crippen LogP contribution in [-0.2, 0) is 4.79 Å². The van der Waals surface area contributed by atoms with Crippen LogP contribution in [0.4, 0.5) is 0 Å². The van der Waals surface area contributed by atoms with Gasteiger partial charge >= 0.3 is 0 Å². The van der Waals surface area contributed by atoms with Crippen LogP contribution in [0.5, 0.6) is 0 Å². The molecule has 0 aromatic heterocycles. The Labute approximate surface area is 164 Å². The van der Waals surface area contributed by atoms with E-state index in [0.717, 1.165) is 19.0 Å². The summed E-state index contributed by atoms with van der Waals surface area (Å²) in [6, 6.07) is 0.986. The van der Waals surface area contributed by atoms with Crippen LogP contribution in [-0.4, -0.2) is 62.1 Å². The van der Waals surface area contributed by atoms with Gasteiger partial charge in [-0.05, 0) is 19.8 Å². The van der Waals surface area contributed by atoms with Crippen molar-refractivity contribution in [2.45, 2.75) is 53.6 Å². The first kappa shape index (κ1) is 23.4. The first-order valence-electron chi connectivity index (χ1n) is 8.64. The van der Waals surface area contributed by atoms with E-state index in [1.54, 1.807) is 7.05 Å². The lowest BCUT2D eigenvalue weighted by atomic mass is 9.96. The Morgan fingerprint density at radius 2 is 1.79 bits per heavy atom. The van der Waals surface area contributed by atoms with Gasteiger partial charge in [-0.3, -0.25) is 14.7 Å². The Bertz CT molecular complexity index is 420. The van der Waals surface area contributed by atoms with E-state index in [1.807, 2.05) is 20.8 Å². The van der Waals surface area contributed by atoms with Crippen molar-refractivity contribution in [2.24, 2.45) is 16.3 Å². The van der Waals surface area contributed by atoms with Gasteiger partial charge in [0.15, 0.2) is 5.96 Å². The molecule has 0 saturated carbocycles. The predicted octanol–water partition coefficient (Wildman–Crippen LogP) is 1.66. The average Bonchev–Trinajstić information content (AvgIpc) is 2.82. The molecule has 1 aliphatic rings. The third-order valence-electron chi connectivity index (χ3n) is 4.30. The SMILES string of the molecule is CN=C(NCCNC(=O)C(C)(C)C)NC1CN(C(C)C)CC1C.I. The second kappa shape index (κ2) is 10.4. The number of hydrogen-bond donors (Lipinski definition) is 3. The minimum absolute atomic E-state index is 0. The predicted molar refractivity (Wildman–Crippen MR) is 112 cm³/mol. The fourth-order valence-corrected chi connectivity index (χ4v) is 2.61. The fourth-order valence-electron chi connectivity index (χ4n) is 2.61. The lowest BCUT2D eigenvalue weighted by molar-refractivity contribution is -0.128. The molecule has 1 aliphatic heterocycles. The highest BCUT2D eigenvalue weighted by Gasteiger charge is 2.31. The van der Waals surface area contributed by atoms with E-state index in [9.17, 15) is 4.79 Å². The number of nitrogens with one attached hydrogen (secondary N) is 3. The van der Waals surface area contributed by atoms with Gasteiger partial charge in [0.25, 0.3) is 0 Å². The maximum Gasteiger partial charge on any atom is 0.225 e. The van der Waals surface area contributed by atoms with Gasteiger partial charge < -0.3 is 16.0 Å². The summed E-state index contributed by atoms with van der Waals surface area (Å²) in [5.41, 5.74) is -0.348. The molecular formula is C17H36IN5O. The minimum Gasteiger partial charge on any atom is -0.355 e. The molecule has 2 atom stereocenters. The third kappa shape index (κ3) is 7.55. The number of hydrogen-bond acceptors (Lipinski definition) is 3. The van der Waals surface area contributed by atoms with E-state index in [2.05, 4.69) is 46.6 Å². The number of aliphatic imine (C=N–C) groups is 1. The van der Waals surface area contributed by atoms with Gasteiger partial charge in [0.05, 0.1) is 0 Å². The van der Waals surface area contributed by atoms with Gasteiger partial charge in [-0.15, -0.1) is 24.0 Å². The molecule has 142 valence electrons. The number of amides is 1. The van der Waals surface area contributed by atoms with Gasteiger partial charge in [-0.25, -0.2) is 0 Å². The number of guanidine groups is 1. The molecule has 1 rings (SSSR count). The molecule has 0 bridgehead atoms. The first-order chi connectivity index (χ1) is 10.6. The van der Waals surface area contributed by atoms with Crippen molar-refractivity contribution in [3.63, 3.8) is 0 Å². The van der Waals surface area contributed by atoms with Crippen LogP contribution in [0.15, 0.2) is 4.99 Å². The highest BCUT2D eigenvalue weighted by molar-refractivity contribution is 14.0. The summed E-state index contributed by atoms with van der Waals surface area (Å²) in [6.45, 7) is 15.9. The quantitative estimate of drug-likeness (QED) is 0.256. The van der Waals surface area contributed by atoms with Gasteiger partial charge in [0.2, 0.25) is 5.91 Å². The summed E-state index contributed by atoms with van der Waals surface area (Å²) in [4.78, 5) is 18.6. The molecule has 7 heteroatoms. The topological polar surface area (TPSA) is 68.8 Å². The van der Waals surface area contributed by atoms with E-state index >= 15 is 0 Å². The number of likely N-dealkylation sites (tertiary alicyclic amines) is 1. The van der Waals surface area contributed by atoms with Crippen LogP contribution in [0.1, 0.15) is 41.5 Å². The summed E-state index contributed by atoms with van der Waals surface area (Å²) in [6.07, 6.45) is 0. The molecule has 1 fully saturated rings. The smallest absolute Gasteiger partial charge is 0.225 e. The highest BCUT2D eigenvalue weighted by Crippen LogP contribution is 2.18. The number of rotatable bonds is 5. The highest BCUT2D eigenvalue weighted by atomic mass is 127. The number of carbonyl (C=O) groups excluding carboxylic acids is 1. The average molecular weight is 453 g/mol. The van der Waals surface area contributed by atoms with Crippen molar-refractivity contribution >= 4 is 35.8 Å². The summed E-state index contributed by atoms with van der Waals surface area (Å²) in [7, 11) is 1.78. The van der Waals surface area contributed by atoms with Gasteiger partial charge in [-0.1, -0.05) is 27.7 Å². The summed E-state index contributed by atoms with van der Waals surface area (Å²) in [5, 5.41) is 9.71. The monoisotopic (exact) mass is 453 g/mol. The molecule has 0 spiro atoms. The lowest BCUT2D eigenvalue weighted by Gasteiger charge is -2.22. The molecular weight excluding hydrogens is 417 g/mol. The van der Waals surface area contributed by atoms with E-state index in [1.165, 1.54) is 0 Å². The van der Waals surface area contributed by atoms with Crippen LogP contribution >= 0.6 is 24.0 Å². The zero-order chi connectivity index (χ0) is 17.6. The molecule has 1 heterocycles. The zero-order valence-electron chi connectivity index (χ0n) is 16.3. The molecule has 0 aromatic rings. The maximum atomic E-state index is 11.8. The number of carbonyl (C=O) groups is 1. The van der Waals surface area contributed by atoms with E-state index < -0.39 is 0 Å².